The van der Waals surface area contributed by atoms with Crippen molar-refractivity contribution in [3.63, 3.8) is 0 Å². The Balaban J connectivity index is -0.000000233. The Morgan fingerprint density at radius 2 is 0.775 bits per heavy atom. The van der Waals surface area contributed by atoms with Crippen LogP contribution in [-0.4, -0.2) is 97.0 Å². The van der Waals surface area contributed by atoms with E-state index in [9.17, 15) is 48.6 Å². The molecule has 0 aliphatic carbocycles. The predicted octanol–water partition coefficient (Wildman–Crippen LogP) is -7.06. The highest BCUT2D eigenvalue weighted by atomic mass is 16.4. The third-order valence-corrected chi connectivity index (χ3v) is 3.71. The van der Waals surface area contributed by atoms with Gasteiger partial charge in [-0.05, 0) is 25.7 Å². The van der Waals surface area contributed by atoms with Crippen molar-refractivity contribution in [2.45, 2.75) is 52.4 Å². The number of carbonyl (C=O) groups is 8. The van der Waals surface area contributed by atoms with Gasteiger partial charge in [0, 0.05) is 0 Å². The van der Waals surface area contributed by atoms with Crippen molar-refractivity contribution < 1.29 is 70.2 Å². The predicted molar refractivity (Wildman–Crippen MR) is 132 cm³/mol. The minimum Gasteiger partial charge on any atom is -0.548 e. The quantitative estimate of drug-likeness (QED) is 0.0699. The van der Waals surface area contributed by atoms with E-state index < -0.39 is 73.7 Å². The lowest BCUT2D eigenvalue weighted by atomic mass is 10.3. The number of nitrogens with one attached hydrogen (secondary N) is 4. The maximum absolute atomic E-state index is 10.7. The second-order valence-corrected chi connectivity index (χ2v) is 7.38. The molecule has 0 unspecified atom stereocenters. The number of quaternary nitrogens is 2. The van der Waals surface area contributed by atoms with E-state index in [-0.39, 0.29) is 0 Å². The lowest BCUT2D eigenvalue weighted by Gasteiger charge is -2.06. The van der Waals surface area contributed by atoms with Crippen molar-refractivity contribution in [3.8, 4) is 0 Å². The van der Waals surface area contributed by atoms with E-state index in [0.29, 0.717) is 0 Å². The van der Waals surface area contributed by atoms with Crippen molar-refractivity contribution in [1.29, 1.82) is 0 Å². The van der Waals surface area contributed by atoms with Crippen LogP contribution >= 0.6 is 0 Å². The van der Waals surface area contributed by atoms with E-state index in [1.54, 1.807) is 21.3 Å². The summed E-state index contributed by atoms with van der Waals surface area (Å²) in [4.78, 5) is 82.2. The van der Waals surface area contributed by atoms with Crippen molar-refractivity contribution >= 4 is 47.5 Å². The fourth-order valence-electron chi connectivity index (χ4n) is 1.79. The summed E-state index contributed by atoms with van der Waals surface area (Å²) in [6.45, 7) is 3.58. The second-order valence-electron chi connectivity index (χ2n) is 7.38. The van der Waals surface area contributed by atoms with Gasteiger partial charge in [-0.1, -0.05) is 26.7 Å². The first-order chi connectivity index (χ1) is 18.7. The molecule has 0 aromatic carbocycles. The first-order valence-electron chi connectivity index (χ1n) is 12.2. The number of carboxylic acid groups (broad SMARTS) is 4. The van der Waals surface area contributed by atoms with E-state index in [2.05, 4.69) is 25.3 Å². The second kappa shape index (κ2) is 30.9. The zero-order valence-electron chi connectivity index (χ0n) is 22.9. The molecule has 0 aliphatic heterocycles. The normalized spacial score (nSPS) is 8.90. The molecule has 0 rings (SSSR count). The highest BCUT2D eigenvalue weighted by Gasteiger charge is 2.14. The monoisotopic (exact) mass is 582 g/mol. The van der Waals surface area contributed by atoms with Gasteiger partial charge in [0.05, 0.1) is 38.1 Å². The molecule has 18 heteroatoms. The molecule has 12 N–H and O–H groups in total. The highest BCUT2D eigenvalue weighted by molar-refractivity contribution is 6.36. The molecule has 0 spiro atoms. The third-order valence-electron chi connectivity index (χ3n) is 3.71. The Kier molecular flexibility index (Phi) is 33.0. The summed E-state index contributed by atoms with van der Waals surface area (Å²) in [5.41, 5.74) is 7.45. The molecule has 0 heterocycles. The molecule has 0 bridgehead atoms. The number of hydrogen-bond donors (Lipinski definition) is 8. The van der Waals surface area contributed by atoms with E-state index in [1.165, 1.54) is 38.5 Å². The topological polar surface area (TPSA) is 327 Å². The average molecular weight is 583 g/mol. The minimum atomic E-state index is -1.56. The van der Waals surface area contributed by atoms with Crippen LogP contribution in [0.5, 0.6) is 0 Å². The van der Waals surface area contributed by atoms with Crippen LogP contribution in [0.3, 0.4) is 0 Å². The Morgan fingerprint density at radius 1 is 0.525 bits per heavy atom. The van der Waals surface area contributed by atoms with Gasteiger partial charge in [0.1, 0.15) is 13.1 Å². The van der Waals surface area contributed by atoms with Crippen molar-refractivity contribution in [2.75, 3.05) is 39.3 Å². The van der Waals surface area contributed by atoms with Crippen molar-refractivity contribution in [3.05, 3.63) is 0 Å². The van der Waals surface area contributed by atoms with Gasteiger partial charge in [-0.15, -0.1) is 0 Å². The molecule has 0 saturated carbocycles. The first-order valence-corrected chi connectivity index (χ1v) is 12.2. The Bertz CT molecular complexity index is 664. The van der Waals surface area contributed by atoms with Gasteiger partial charge >= 0.3 is 35.6 Å². The van der Waals surface area contributed by atoms with Crippen LogP contribution < -0.4 is 42.9 Å². The zero-order valence-corrected chi connectivity index (χ0v) is 22.9. The summed E-state index contributed by atoms with van der Waals surface area (Å²) in [7, 11) is 0. The molecule has 0 fully saturated rings. The molecule has 18 nitrogen and oxygen atoms in total. The Labute approximate surface area is 231 Å². The molecular formula is C22H42N6O12. The number of unbranched alkanes of at least 4 members (excludes halogenated alkanes) is 4. The largest absolute Gasteiger partial charge is 0.548 e. The van der Waals surface area contributed by atoms with Gasteiger partial charge in [0.2, 0.25) is 0 Å². The van der Waals surface area contributed by atoms with E-state index in [0.717, 1.165) is 13.1 Å². The summed E-state index contributed by atoms with van der Waals surface area (Å²) in [5.74, 6) is -10.6. The van der Waals surface area contributed by atoms with Gasteiger partial charge in [-0.2, -0.15) is 0 Å². The van der Waals surface area contributed by atoms with Crippen LogP contribution in [0.25, 0.3) is 0 Å². The number of carboxylic acids is 4. The van der Waals surface area contributed by atoms with Crippen molar-refractivity contribution in [1.82, 2.24) is 21.3 Å². The van der Waals surface area contributed by atoms with Gasteiger partial charge in [-0.3, -0.25) is 28.8 Å². The number of amides is 4. The van der Waals surface area contributed by atoms with Crippen LogP contribution in [-0.2, 0) is 38.4 Å². The molecule has 4 amide bonds. The van der Waals surface area contributed by atoms with Crippen molar-refractivity contribution in [2.24, 2.45) is 0 Å². The molecule has 232 valence electrons. The van der Waals surface area contributed by atoms with Crippen LogP contribution in [0.15, 0.2) is 0 Å². The Hall–Kier alpha value is -4.32. The SMILES string of the molecule is CCCCC[NH3+].CCCCC[NH3+].O=C(O)CNC(=O)C(=O)NCC(=O)O.O=C([O-])CNC(=O)C(=O)NCC(=O)[O-]. The van der Waals surface area contributed by atoms with Crippen LogP contribution in [0.1, 0.15) is 52.4 Å². The smallest absolute Gasteiger partial charge is 0.322 e. The molecule has 0 aliphatic rings. The standard InChI is InChI=1S/2C6H8N2O6.2C5H13N/c2*9-3(10)1-7-5(13)6(14)8-2-4(11)12;2*1-2-3-4-5-6/h2*1-2H2,(H,7,13)(H,8,14)(H,9,10)(H,11,12);2*2-6H2,1H3. The summed E-state index contributed by atoms with van der Waals surface area (Å²) in [6.07, 6.45) is 7.94. The summed E-state index contributed by atoms with van der Waals surface area (Å²) in [6, 6.07) is 0. The number of hydrogen-bond acceptors (Lipinski definition) is 10. The number of aliphatic carboxylic acids is 4. The molecule has 0 aromatic heterocycles. The van der Waals surface area contributed by atoms with Crippen LogP contribution in [0.4, 0.5) is 0 Å². The summed E-state index contributed by atoms with van der Waals surface area (Å²) < 4.78 is 0. The summed E-state index contributed by atoms with van der Waals surface area (Å²) >= 11 is 0. The molecular weight excluding hydrogens is 540 g/mol. The molecule has 0 radical (unpaired) electrons. The highest BCUT2D eigenvalue weighted by Crippen LogP contribution is 1.88. The third kappa shape index (κ3) is 40.8. The Morgan fingerprint density at radius 3 is 0.925 bits per heavy atom. The van der Waals surface area contributed by atoms with E-state index >= 15 is 0 Å². The van der Waals surface area contributed by atoms with Gasteiger partial charge in [0.25, 0.3) is 0 Å². The summed E-state index contributed by atoms with van der Waals surface area (Å²) in [5, 5.41) is 42.8. The van der Waals surface area contributed by atoms with E-state index in [1.807, 2.05) is 0 Å². The zero-order chi connectivity index (χ0) is 31.9. The molecule has 0 atom stereocenters. The van der Waals surface area contributed by atoms with E-state index in [4.69, 9.17) is 10.2 Å². The van der Waals surface area contributed by atoms with Gasteiger partial charge in [-0.25, -0.2) is 0 Å². The maximum Gasteiger partial charge on any atom is 0.322 e. The van der Waals surface area contributed by atoms with Gasteiger partial charge in [0.15, 0.2) is 0 Å². The van der Waals surface area contributed by atoms with Crippen LogP contribution in [0.2, 0.25) is 0 Å². The van der Waals surface area contributed by atoms with Gasteiger partial charge < -0.3 is 62.7 Å². The molecule has 40 heavy (non-hydrogen) atoms. The average Bonchev–Trinajstić information content (AvgIpc) is 2.90. The number of rotatable bonds is 14. The number of carbonyl (C=O) groups excluding carboxylic acids is 6. The van der Waals surface area contributed by atoms with Crippen LogP contribution in [0, 0.1) is 0 Å². The lowest BCUT2D eigenvalue weighted by Crippen LogP contribution is -2.50. The fourth-order valence-corrected chi connectivity index (χ4v) is 1.79. The first kappa shape index (κ1) is 42.8. The fraction of sp³-hybridized carbons (Fsp3) is 0.636. The molecule has 0 aromatic rings. The lowest BCUT2D eigenvalue weighted by molar-refractivity contribution is -0.368. The maximum atomic E-state index is 10.7. The minimum absolute atomic E-state index is 0.695. The molecule has 0 saturated heterocycles.